The van der Waals surface area contributed by atoms with E-state index in [0.29, 0.717) is 17.1 Å². The quantitative estimate of drug-likeness (QED) is 0.820. The second kappa shape index (κ2) is 6.37. The molecule has 0 atom stereocenters. The van der Waals surface area contributed by atoms with Crippen LogP contribution in [-0.4, -0.2) is 10.9 Å². The lowest BCUT2D eigenvalue weighted by Gasteiger charge is -2.09. The van der Waals surface area contributed by atoms with Gasteiger partial charge >= 0.3 is 0 Å². The van der Waals surface area contributed by atoms with Crippen molar-refractivity contribution >= 4 is 49.3 Å². The Bertz CT molecular complexity index is 659. The highest BCUT2D eigenvalue weighted by molar-refractivity contribution is 9.11. The fraction of sp³-hybridized carbons (Fsp3) is 0.143. The van der Waals surface area contributed by atoms with Crippen molar-refractivity contribution in [3.63, 3.8) is 0 Å². The molecule has 0 bridgehead atoms. The van der Waals surface area contributed by atoms with E-state index in [9.17, 15) is 4.79 Å². The molecular weight excluding hydrogens is 386 g/mol. The lowest BCUT2D eigenvalue weighted by atomic mass is 10.1. The molecule has 0 saturated carbocycles. The molecule has 6 heteroatoms. The number of amides is 1. The monoisotopic (exact) mass is 397 g/mol. The molecule has 0 aliphatic carbocycles. The second-order valence-electron chi connectivity index (χ2n) is 4.20. The van der Waals surface area contributed by atoms with Gasteiger partial charge in [-0.2, -0.15) is 0 Å². The normalized spacial score (nSPS) is 10.3. The number of nitrogens with one attached hydrogen (secondary N) is 1. The zero-order valence-corrected chi connectivity index (χ0v) is 14.0. The number of carbonyl (C=O) groups excluding carboxylic acids is 1. The van der Waals surface area contributed by atoms with Crippen molar-refractivity contribution in [3.05, 3.63) is 50.5 Å². The van der Waals surface area contributed by atoms with Crippen LogP contribution >= 0.6 is 31.9 Å². The van der Waals surface area contributed by atoms with Gasteiger partial charge in [0.1, 0.15) is 5.82 Å². The topological polar surface area (TPSA) is 68.0 Å². The number of hydrogen-bond donors (Lipinski definition) is 2. The van der Waals surface area contributed by atoms with Crippen LogP contribution in [-0.2, 0) is 6.42 Å². The third kappa shape index (κ3) is 3.58. The molecule has 1 aromatic heterocycles. The standard InChI is InChI=1S/C14H13Br2N3O/c1-2-10-5-8(6-13(17)18-10)14(20)19-12-4-3-9(15)7-11(12)16/h3-7H,2H2,1H3,(H2,17,18)(H,19,20). The molecule has 0 unspecified atom stereocenters. The van der Waals surface area contributed by atoms with Gasteiger partial charge in [-0.3, -0.25) is 4.79 Å². The van der Waals surface area contributed by atoms with Crippen LogP contribution < -0.4 is 11.1 Å². The summed E-state index contributed by atoms with van der Waals surface area (Å²) in [6, 6.07) is 8.86. The van der Waals surface area contributed by atoms with Gasteiger partial charge in [-0.15, -0.1) is 0 Å². The number of nitrogens with two attached hydrogens (primary N) is 1. The van der Waals surface area contributed by atoms with E-state index in [0.717, 1.165) is 21.1 Å². The van der Waals surface area contributed by atoms with Crippen molar-refractivity contribution in [2.24, 2.45) is 0 Å². The van der Waals surface area contributed by atoms with Crippen molar-refractivity contribution in [1.29, 1.82) is 0 Å². The van der Waals surface area contributed by atoms with Gasteiger partial charge in [0.05, 0.1) is 5.69 Å². The highest BCUT2D eigenvalue weighted by atomic mass is 79.9. The Kier molecular flexibility index (Phi) is 4.77. The SMILES string of the molecule is CCc1cc(C(=O)Nc2ccc(Br)cc2Br)cc(N)n1. The summed E-state index contributed by atoms with van der Waals surface area (Å²) in [5.41, 5.74) is 7.71. The predicted octanol–water partition coefficient (Wildman–Crippen LogP) is 4.00. The maximum absolute atomic E-state index is 12.2. The average molecular weight is 399 g/mol. The number of nitrogen functional groups attached to an aromatic ring is 1. The van der Waals surface area contributed by atoms with E-state index in [4.69, 9.17) is 5.73 Å². The molecule has 2 rings (SSSR count). The van der Waals surface area contributed by atoms with Gasteiger partial charge in [-0.25, -0.2) is 4.98 Å². The summed E-state index contributed by atoms with van der Waals surface area (Å²) in [7, 11) is 0. The number of halogens is 2. The summed E-state index contributed by atoms with van der Waals surface area (Å²) in [5, 5.41) is 2.84. The fourth-order valence-electron chi connectivity index (χ4n) is 1.71. The minimum Gasteiger partial charge on any atom is -0.384 e. The van der Waals surface area contributed by atoms with Crippen molar-refractivity contribution in [1.82, 2.24) is 4.98 Å². The Labute approximate surface area is 134 Å². The minimum atomic E-state index is -0.211. The molecule has 0 fully saturated rings. The first-order chi connectivity index (χ1) is 9.49. The van der Waals surface area contributed by atoms with E-state index in [1.807, 2.05) is 25.1 Å². The summed E-state index contributed by atoms with van der Waals surface area (Å²) in [6.45, 7) is 1.97. The lowest BCUT2D eigenvalue weighted by molar-refractivity contribution is 0.102. The van der Waals surface area contributed by atoms with Gasteiger partial charge in [-0.1, -0.05) is 22.9 Å². The molecule has 104 valence electrons. The number of aryl methyl sites for hydroxylation is 1. The van der Waals surface area contributed by atoms with E-state index in [1.165, 1.54) is 0 Å². The first-order valence-corrected chi connectivity index (χ1v) is 7.61. The summed E-state index contributed by atoms with van der Waals surface area (Å²) < 4.78 is 1.74. The number of carbonyl (C=O) groups is 1. The first-order valence-electron chi connectivity index (χ1n) is 6.02. The van der Waals surface area contributed by atoms with Crippen molar-refractivity contribution in [2.45, 2.75) is 13.3 Å². The molecular formula is C14H13Br2N3O. The van der Waals surface area contributed by atoms with Crippen molar-refractivity contribution in [3.8, 4) is 0 Å². The molecule has 3 N–H and O–H groups in total. The Morgan fingerprint density at radius 1 is 1.30 bits per heavy atom. The Hall–Kier alpha value is -1.40. The van der Waals surface area contributed by atoms with E-state index < -0.39 is 0 Å². The van der Waals surface area contributed by atoms with Gasteiger partial charge in [0.25, 0.3) is 5.91 Å². The molecule has 1 amide bonds. The number of rotatable bonds is 3. The van der Waals surface area contributed by atoms with Crippen LogP contribution in [0.25, 0.3) is 0 Å². The smallest absolute Gasteiger partial charge is 0.255 e. The van der Waals surface area contributed by atoms with Gasteiger partial charge in [-0.05, 0) is 52.7 Å². The van der Waals surface area contributed by atoms with Gasteiger partial charge in [0.2, 0.25) is 0 Å². The zero-order valence-electron chi connectivity index (χ0n) is 10.8. The Balaban J connectivity index is 2.26. The third-order valence-electron chi connectivity index (χ3n) is 2.70. The van der Waals surface area contributed by atoms with Gasteiger partial charge in [0, 0.05) is 20.2 Å². The van der Waals surface area contributed by atoms with Crippen molar-refractivity contribution in [2.75, 3.05) is 11.1 Å². The molecule has 0 spiro atoms. The molecule has 0 aliphatic heterocycles. The summed E-state index contributed by atoms with van der Waals surface area (Å²) in [5.74, 6) is 0.140. The molecule has 2 aromatic rings. The average Bonchev–Trinajstić information content (AvgIpc) is 2.41. The van der Waals surface area contributed by atoms with Gasteiger partial charge < -0.3 is 11.1 Å². The van der Waals surface area contributed by atoms with Gasteiger partial charge in [0.15, 0.2) is 0 Å². The molecule has 1 aromatic carbocycles. The largest absolute Gasteiger partial charge is 0.384 e. The molecule has 0 radical (unpaired) electrons. The number of pyridine rings is 1. The predicted molar refractivity (Wildman–Crippen MR) is 87.8 cm³/mol. The molecule has 1 heterocycles. The number of hydrogen-bond acceptors (Lipinski definition) is 3. The second-order valence-corrected chi connectivity index (χ2v) is 5.97. The van der Waals surface area contributed by atoms with E-state index in [2.05, 4.69) is 42.2 Å². The Morgan fingerprint density at radius 2 is 2.05 bits per heavy atom. The first kappa shape index (κ1) is 15.0. The third-order valence-corrected chi connectivity index (χ3v) is 3.85. The maximum Gasteiger partial charge on any atom is 0.255 e. The lowest BCUT2D eigenvalue weighted by Crippen LogP contribution is -2.13. The van der Waals surface area contributed by atoms with Crippen LogP contribution in [0.1, 0.15) is 23.0 Å². The highest BCUT2D eigenvalue weighted by Crippen LogP contribution is 2.26. The van der Waals surface area contributed by atoms with Crippen molar-refractivity contribution < 1.29 is 4.79 Å². The summed E-state index contributed by atoms with van der Waals surface area (Å²) in [4.78, 5) is 16.4. The molecule has 20 heavy (non-hydrogen) atoms. The van der Waals surface area contributed by atoms with Crippen LogP contribution in [0, 0.1) is 0 Å². The molecule has 4 nitrogen and oxygen atoms in total. The summed E-state index contributed by atoms with van der Waals surface area (Å²) >= 11 is 6.78. The molecule has 0 aliphatic rings. The Morgan fingerprint density at radius 3 is 2.70 bits per heavy atom. The van der Waals surface area contributed by atoms with Crippen LogP contribution in [0.5, 0.6) is 0 Å². The zero-order chi connectivity index (χ0) is 14.7. The van der Waals surface area contributed by atoms with Crippen LogP contribution in [0.4, 0.5) is 11.5 Å². The maximum atomic E-state index is 12.2. The number of anilines is 2. The molecule has 0 saturated heterocycles. The number of nitrogens with zero attached hydrogens (tertiary/aromatic N) is 1. The summed E-state index contributed by atoms with van der Waals surface area (Å²) in [6.07, 6.45) is 0.729. The van der Waals surface area contributed by atoms with E-state index in [1.54, 1.807) is 12.1 Å². The van der Waals surface area contributed by atoms with Crippen LogP contribution in [0.3, 0.4) is 0 Å². The highest BCUT2D eigenvalue weighted by Gasteiger charge is 2.10. The van der Waals surface area contributed by atoms with E-state index >= 15 is 0 Å². The number of benzene rings is 1. The fourth-order valence-corrected chi connectivity index (χ4v) is 2.85. The van der Waals surface area contributed by atoms with Crippen LogP contribution in [0.2, 0.25) is 0 Å². The number of aromatic nitrogens is 1. The minimum absolute atomic E-state index is 0.211. The van der Waals surface area contributed by atoms with E-state index in [-0.39, 0.29) is 5.91 Å². The van der Waals surface area contributed by atoms with Crippen LogP contribution in [0.15, 0.2) is 39.3 Å².